The van der Waals surface area contributed by atoms with E-state index in [1.807, 2.05) is 0 Å². The fourth-order valence-corrected chi connectivity index (χ4v) is 4.02. The van der Waals surface area contributed by atoms with Crippen LogP contribution in [-0.2, 0) is 29.3 Å². The van der Waals surface area contributed by atoms with Gasteiger partial charge in [0, 0.05) is 23.9 Å². The van der Waals surface area contributed by atoms with E-state index in [9.17, 15) is 31.7 Å². The number of nitro groups is 1. The third-order valence-electron chi connectivity index (χ3n) is 4.47. The van der Waals surface area contributed by atoms with E-state index in [1.165, 1.54) is 30.5 Å². The van der Waals surface area contributed by atoms with E-state index in [4.69, 9.17) is 16.6 Å². The molecule has 0 saturated carbocycles. The summed E-state index contributed by atoms with van der Waals surface area (Å²) in [5.74, 6) is 0.362. The number of nitrogens with zero attached hydrogens (tertiary/aromatic N) is 1. The van der Waals surface area contributed by atoms with Crippen LogP contribution < -0.4 is 15.4 Å². The molecule has 14 heteroatoms. The van der Waals surface area contributed by atoms with Gasteiger partial charge in [0.25, 0.3) is 5.69 Å². The number of hydrogen-bond acceptors (Lipinski definition) is 6. The molecule has 3 aromatic rings. The van der Waals surface area contributed by atoms with Crippen molar-refractivity contribution in [1.82, 2.24) is 10.0 Å². The molecule has 1 aromatic heterocycles. The number of nitro benzene ring substituents is 1. The van der Waals surface area contributed by atoms with E-state index in [0.29, 0.717) is 5.76 Å². The summed E-state index contributed by atoms with van der Waals surface area (Å²) in [7, 11) is -4.06. The number of nitrogens with one attached hydrogen (secondary N) is 3. The van der Waals surface area contributed by atoms with Crippen molar-refractivity contribution in [2.45, 2.75) is 24.2 Å². The highest BCUT2D eigenvalue weighted by atomic mass is 32.2. The molecule has 0 spiro atoms. The number of anilines is 1. The molecule has 0 radical (unpaired) electrons. The lowest BCUT2D eigenvalue weighted by molar-refractivity contribution is -0.385. The normalized spacial score (nSPS) is 11.7. The molecule has 0 bridgehead atoms. The quantitative estimate of drug-likeness (QED) is 0.232. The lowest BCUT2D eigenvalue weighted by Gasteiger charge is -2.13. The first-order chi connectivity index (χ1) is 16.0. The number of sulfonamides is 1. The second kappa shape index (κ2) is 10.2. The van der Waals surface area contributed by atoms with Crippen LogP contribution in [0, 0.1) is 10.1 Å². The molecule has 0 unspecified atom stereocenters. The van der Waals surface area contributed by atoms with Crippen LogP contribution in [0.25, 0.3) is 0 Å². The van der Waals surface area contributed by atoms with Crippen molar-refractivity contribution in [3.63, 3.8) is 0 Å². The van der Waals surface area contributed by atoms with Crippen LogP contribution in [0.4, 0.5) is 24.5 Å². The number of hydrogen-bond donors (Lipinski definition) is 3. The molecule has 2 aromatic carbocycles. The molecule has 0 saturated heterocycles. The maximum atomic E-state index is 12.8. The van der Waals surface area contributed by atoms with Gasteiger partial charge >= 0.3 is 6.18 Å². The highest BCUT2D eigenvalue weighted by molar-refractivity contribution is 7.89. The zero-order chi connectivity index (χ0) is 24.9. The van der Waals surface area contributed by atoms with Gasteiger partial charge in [-0.05, 0) is 54.7 Å². The molecule has 0 atom stereocenters. The van der Waals surface area contributed by atoms with E-state index < -0.39 is 32.4 Å². The van der Waals surface area contributed by atoms with Gasteiger partial charge in [0.05, 0.1) is 28.2 Å². The van der Waals surface area contributed by atoms with Crippen molar-refractivity contribution in [2.75, 3.05) is 5.32 Å². The minimum atomic E-state index is -4.53. The molecular weight excluding hydrogens is 497 g/mol. The topological polar surface area (TPSA) is 127 Å². The summed E-state index contributed by atoms with van der Waals surface area (Å²) in [4.78, 5) is 10.4. The van der Waals surface area contributed by atoms with Crippen LogP contribution in [0.1, 0.15) is 16.9 Å². The summed E-state index contributed by atoms with van der Waals surface area (Å²) < 4.78 is 70.8. The third kappa shape index (κ3) is 6.52. The Balaban J connectivity index is 1.69. The number of alkyl halides is 3. The number of benzene rings is 2. The van der Waals surface area contributed by atoms with Crippen molar-refractivity contribution in [3.05, 3.63) is 87.9 Å². The number of thiocarbonyl (C=S) groups is 1. The van der Waals surface area contributed by atoms with Crippen LogP contribution >= 0.6 is 12.2 Å². The Labute approximate surface area is 197 Å². The van der Waals surface area contributed by atoms with Crippen LogP contribution in [0.3, 0.4) is 0 Å². The molecule has 3 rings (SSSR count). The van der Waals surface area contributed by atoms with Crippen molar-refractivity contribution >= 4 is 38.7 Å². The van der Waals surface area contributed by atoms with Gasteiger partial charge in [-0.15, -0.1) is 0 Å². The molecule has 0 fully saturated rings. The molecule has 0 amide bonds. The molecule has 0 aliphatic carbocycles. The van der Waals surface area contributed by atoms with Gasteiger partial charge in [-0.2, -0.15) is 13.2 Å². The minimum Gasteiger partial charge on any atom is -0.468 e. The smallest absolute Gasteiger partial charge is 0.416 e. The van der Waals surface area contributed by atoms with Gasteiger partial charge in [0.1, 0.15) is 5.76 Å². The first-order valence-electron chi connectivity index (χ1n) is 9.47. The Hall–Kier alpha value is -3.49. The second-order valence-electron chi connectivity index (χ2n) is 6.84. The standard InChI is InChI=1S/C20H17F3N4O5S2/c21-20(22,23)14-3-1-4-15(9-14)26-19(33)24-11-13-6-7-17(10-18(13)27(28)29)34(30,31)25-12-16-5-2-8-32-16/h1-10,25H,11-12H2,(H2,24,26,33). The minimum absolute atomic E-state index is 0.0749. The van der Waals surface area contributed by atoms with Gasteiger partial charge in [0.15, 0.2) is 5.11 Å². The monoisotopic (exact) mass is 514 g/mol. The first-order valence-corrected chi connectivity index (χ1v) is 11.4. The highest BCUT2D eigenvalue weighted by Gasteiger charge is 2.30. The van der Waals surface area contributed by atoms with Crippen molar-refractivity contribution in [2.24, 2.45) is 0 Å². The maximum Gasteiger partial charge on any atom is 0.416 e. The van der Waals surface area contributed by atoms with Crippen molar-refractivity contribution in [1.29, 1.82) is 0 Å². The fraction of sp³-hybridized carbons (Fsp3) is 0.150. The van der Waals surface area contributed by atoms with Gasteiger partial charge in [-0.25, -0.2) is 13.1 Å². The second-order valence-corrected chi connectivity index (χ2v) is 9.01. The van der Waals surface area contributed by atoms with Gasteiger partial charge in [-0.3, -0.25) is 10.1 Å². The lowest BCUT2D eigenvalue weighted by atomic mass is 10.2. The Morgan fingerprint density at radius 3 is 2.50 bits per heavy atom. The van der Waals surface area contributed by atoms with Gasteiger partial charge in [-0.1, -0.05) is 6.07 Å². The van der Waals surface area contributed by atoms with Crippen LogP contribution in [0.2, 0.25) is 0 Å². The molecule has 0 aliphatic rings. The van der Waals surface area contributed by atoms with E-state index in [1.54, 1.807) is 12.1 Å². The molecule has 180 valence electrons. The number of halogens is 3. The van der Waals surface area contributed by atoms with Gasteiger partial charge < -0.3 is 15.1 Å². The zero-order valence-corrected chi connectivity index (χ0v) is 18.8. The average Bonchev–Trinajstić information content (AvgIpc) is 3.29. The molecule has 34 heavy (non-hydrogen) atoms. The molecule has 1 heterocycles. The predicted octanol–water partition coefficient (Wildman–Crippen LogP) is 4.17. The van der Waals surface area contributed by atoms with E-state index in [2.05, 4.69) is 15.4 Å². The number of furan rings is 1. The first kappa shape index (κ1) is 25.1. The maximum absolute atomic E-state index is 12.8. The SMILES string of the molecule is O=[N+]([O-])c1cc(S(=O)(=O)NCc2ccco2)ccc1CNC(=S)Nc1cccc(C(F)(F)F)c1. The van der Waals surface area contributed by atoms with E-state index >= 15 is 0 Å². The predicted molar refractivity (Wildman–Crippen MR) is 120 cm³/mol. The molecular formula is C20H17F3N4O5S2. The third-order valence-corrected chi connectivity index (χ3v) is 6.11. The average molecular weight is 515 g/mol. The summed E-state index contributed by atoms with van der Waals surface area (Å²) in [5.41, 5.74) is -1.15. The Morgan fingerprint density at radius 2 is 1.85 bits per heavy atom. The summed E-state index contributed by atoms with van der Waals surface area (Å²) >= 11 is 5.05. The van der Waals surface area contributed by atoms with Crippen LogP contribution in [0.15, 0.2) is 70.2 Å². The summed E-state index contributed by atoms with van der Waals surface area (Å²) in [5, 5.41) is 16.7. The molecule has 3 N–H and O–H groups in total. The number of rotatable bonds is 8. The Kier molecular flexibility index (Phi) is 7.54. The lowest BCUT2D eigenvalue weighted by Crippen LogP contribution is -2.28. The zero-order valence-electron chi connectivity index (χ0n) is 17.1. The largest absolute Gasteiger partial charge is 0.468 e. The van der Waals surface area contributed by atoms with Gasteiger partial charge in [0.2, 0.25) is 10.0 Å². The summed E-state index contributed by atoms with van der Waals surface area (Å²) in [6.45, 7) is -0.316. The summed E-state index contributed by atoms with van der Waals surface area (Å²) in [6.07, 6.45) is -3.15. The van der Waals surface area contributed by atoms with E-state index in [0.717, 1.165) is 18.2 Å². The Morgan fingerprint density at radius 1 is 1.09 bits per heavy atom. The Bertz CT molecular complexity index is 1300. The van der Waals surface area contributed by atoms with Crippen LogP contribution in [-0.4, -0.2) is 18.5 Å². The molecule has 9 nitrogen and oxygen atoms in total. The van der Waals surface area contributed by atoms with Crippen molar-refractivity contribution < 1.29 is 30.9 Å². The van der Waals surface area contributed by atoms with Crippen LogP contribution in [0.5, 0.6) is 0 Å². The fourth-order valence-electron chi connectivity index (χ4n) is 2.82. The molecule has 0 aliphatic heterocycles. The highest BCUT2D eigenvalue weighted by Crippen LogP contribution is 2.30. The summed E-state index contributed by atoms with van der Waals surface area (Å²) in [6, 6.07) is 10.9. The van der Waals surface area contributed by atoms with E-state index in [-0.39, 0.29) is 34.3 Å². The van der Waals surface area contributed by atoms with Crippen molar-refractivity contribution in [3.8, 4) is 0 Å².